The molecular weight excluding hydrogens is 448 g/mol. The van der Waals surface area contributed by atoms with Crippen molar-refractivity contribution in [3.8, 4) is 0 Å². The molecule has 0 saturated heterocycles. The molecule has 0 unspecified atom stereocenters. The van der Waals surface area contributed by atoms with E-state index in [4.69, 9.17) is 0 Å². The first kappa shape index (κ1) is 21.6. The van der Waals surface area contributed by atoms with Crippen LogP contribution in [0.1, 0.15) is 12.5 Å². The van der Waals surface area contributed by atoms with Crippen LogP contribution in [-0.4, -0.2) is 26.2 Å². The molecule has 0 aliphatic heterocycles. The van der Waals surface area contributed by atoms with E-state index in [9.17, 15) is 9.59 Å². The number of anilines is 1. The Morgan fingerprint density at radius 3 is 2.87 bits per heavy atom. The van der Waals surface area contributed by atoms with Crippen LogP contribution in [0.2, 0.25) is 0 Å². The number of carbonyl (C=O) groups is 1. The normalized spacial score (nSPS) is 11.0. The average molecular weight is 469 g/mol. The lowest BCUT2D eigenvalue weighted by atomic mass is 10.2. The number of thioether (sulfide) groups is 2. The molecule has 0 aliphatic carbocycles. The van der Waals surface area contributed by atoms with Crippen LogP contribution in [0.25, 0.3) is 10.2 Å². The molecule has 6 nitrogen and oxygen atoms in total. The highest BCUT2D eigenvalue weighted by Crippen LogP contribution is 2.23. The average Bonchev–Trinajstić information content (AvgIpc) is 3.26. The third-order valence-electron chi connectivity index (χ3n) is 4.41. The summed E-state index contributed by atoms with van der Waals surface area (Å²) in [5.41, 5.74) is 2.48. The Morgan fingerprint density at radius 2 is 2.06 bits per heavy atom. The first-order chi connectivity index (χ1) is 15.1. The third kappa shape index (κ3) is 5.36. The summed E-state index contributed by atoms with van der Waals surface area (Å²) in [4.78, 5) is 34.0. The molecular formula is C22H20N4O2S3. The van der Waals surface area contributed by atoms with E-state index in [1.54, 1.807) is 22.5 Å². The fourth-order valence-electron chi connectivity index (χ4n) is 2.97. The van der Waals surface area contributed by atoms with Crippen LogP contribution >= 0.6 is 34.9 Å². The summed E-state index contributed by atoms with van der Waals surface area (Å²) in [7, 11) is 0. The molecule has 0 atom stereocenters. The van der Waals surface area contributed by atoms with E-state index in [2.05, 4.69) is 15.3 Å². The van der Waals surface area contributed by atoms with Gasteiger partial charge in [-0.05, 0) is 48.2 Å². The minimum Gasteiger partial charge on any atom is -0.325 e. The number of pyridine rings is 1. The van der Waals surface area contributed by atoms with Crippen molar-refractivity contribution >= 4 is 56.7 Å². The van der Waals surface area contributed by atoms with Crippen LogP contribution in [-0.2, 0) is 17.1 Å². The maximum absolute atomic E-state index is 12.6. The van der Waals surface area contributed by atoms with Crippen molar-refractivity contribution in [2.24, 2.45) is 0 Å². The van der Waals surface area contributed by atoms with Crippen molar-refractivity contribution in [3.63, 3.8) is 0 Å². The summed E-state index contributed by atoms with van der Waals surface area (Å²) >= 11 is 4.32. The first-order valence-corrected chi connectivity index (χ1v) is 12.5. The predicted molar refractivity (Wildman–Crippen MR) is 129 cm³/mol. The summed E-state index contributed by atoms with van der Waals surface area (Å²) in [5, 5.41) is 6.33. The first-order valence-electron chi connectivity index (χ1n) is 9.67. The quantitative estimate of drug-likeness (QED) is 0.293. The van der Waals surface area contributed by atoms with Crippen LogP contribution in [0.5, 0.6) is 0 Å². The van der Waals surface area contributed by atoms with Crippen LogP contribution in [0.3, 0.4) is 0 Å². The van der Waals surface area contributed by atoms with Crippen molar-refractivity contribution in [2.45, 2.75) is 29.4 Å². The summed E-state index contributed by atoms with van der Waals surface area (Å²) in [6.07, 6.45) is 1.78. The summed E-state index contributed by atoms with van der Waals surface area (Å²) in [5.74, 6) is 0.805. The topological polar surface area (TPSA) is 76.9 Å². The zero-order chi connectivity index (χ0) is 21.6. The Bertz CT molecular complexity index is 1250. The van der Waals surface area contributed by atoms with Gasteiger partial charge in [0.2, 0.25) is 5.91 Å². The molecule has 1 N–H and O–H groups in total. The lowest BCUT2D eigenvalue weighted by Gasteiger charge is -2.10. The van der Waals surface area contributed by atoms with Gasteiger partial charge in [0.25, 0.3) is 5.56 Å². The minimum atomic E-state index is -0.137. The lowest BCUT2D eigenvalue weighted by molar-refractivity contribution is -0.113. The highest BCUT2D eigenvalue weighted by atomic mass is 32.2. The van der Waals surface area contributed by atoms with E-state index in [1.165, 1.54) is 23.1 Å². The van der Waals surface area contributed by atoms with E-state index >= 15 is 0 Å². The second-order valence-corrected chi connectivity index (χ2v) is 9.43. The molecule has 4 aromatic rings. The molecule has 0 spiro atoms. The fourth-order valence-corrected chi connectivity index (χ4v) is 5.41. The van der Waals surface area contributed by atoms with Gasteiger partial charge in [-0.3, -0.25) is 14.2 Å². The molecule has 3 heterocycles. The summed E-state index contributed by atoms with van der Waals surface area (Å²) in [6.45, 7) is 2.42. The predicted octanol–water partition coefficient (Wildman–Crippen LogP) is 4.90. The van der Waals surface area contributed by atoms with Gasteiger partial charge in [0, 0.05) is 24.2 Å². The second kappa shape index (κ2) is 10.1. The van der Waals surface area contributed by atoms with Gasteiger partial charge in [0.15, 0.2) is 5.16 Å². The zero-order valence-electron chi connectivity index (χ0n) is 16.8. The molecule has 0 aliphatic rings. The Balaban J connectivity index is 1.38. The number of nitrogens with one attached hydrogen (secondary N) is 1. The molecule has 31 heavy (non-hydrogen) atoms. The lowest BCUT2D eigenvalue weighted by Crippen LogP contribution is -2.22. The van der Waals surface area contributed by atoms with Crippen LogP contribution in [0, 0.1) is 0 Å². The summed E-state index contributed by atoms with van der Waals surface area (Å²) in [6, 6.07) is 15.5. The Labute approximate surface area is 192 Å². The van der Waals surface area contributed by atoms with Gasteiger partial charge in [0.1, 0.15) is 4.70 Å². The minimum absolute atomic E-state index is 0.0523. The van der Waals surface area contributed by atoms with Crippen LogP contribution in [0.15, 0.2) is 75.1 Å². The Hall–Kier alpha value is -2.62. The smallest absolute Gasteiger partial charge is 0.272 e. The number of benzene rings is 1. The van der Waals surface area contributed by atoms with E-state index < -0.39 is 0 Å². The third-order valence-corrected chi connectivity index (χ3v) is 7.30. The highest BCUT2D eigenvalue weighted by molar-refractivity contribution is 7.99. The molecule has 158 valence electrons. The molecule has 9 heteroatoms. The van der Waals surface area contributed by atoms with Gasteiger partial charge < -0.3 is 5.32 Å². The molecule has 4 rings (SSSR count). The number of fused-ring (bicyclic) bond motifs is 1. The maximum Gasteiger partial charge on any atom is 0.272 e. The SMILES string of the molecule is CCn1c(SCC(=O)Nc2cccc(CSc3ccccn3)c2)nc2ccsc2c1=O. The van der Waals surface area contributed by atoms with Gasteiger partial charge in [-0.15, -0.1) is 23.1 Å². The van der Waals surface area contributed by atoms with E-state index in [1.807, 2.05) is 60.8 Å². The van der Waals surface area contributed by atoms with Crippen LogP contribution < -0.4 is 10.9 Å². The van der Waals surface area contributed by atoms with Crippen LogP contribution in [0.4, 0.5) is 5.69 Å². The van der Waals surface area contributed by atoms with Crippen molar-refractivity contribution in [2.75, 3.05) is 11.1 Å². The highest BCUT2D eigenvalue weighted by Gasteiger charge is 2.13. The van der Waals surface area contributed by atoms with E-state index in [-0.39, 0.29) is 17.2 Å². The molecule has 0 bridgehead atoms. The van der Waals surface area contributed by atoms with Crippen molar-refractivity contribution in [3.05, 3.63) is 76.0 Å². The zero-order valence-corrected chi connectivity index (χ0v) is 19.2. The summed E-state index contributed by atoms with van der Waals surface area (Å²) < 4.78 is 2.27. The molecule has 0 radical (unpaired) electrons. The molecule has 3 aromatic heterocycles. The maximum atomic E-state index is 12.6. The number of rotatable bonds is 8. The van der Waals surface area contributed by atoms with Crippen molar-refractivity contribution < 1.29 is 4.79 Å². The molecule has 1 aromatic carbocycles. The van der Waals surface area contributed by atoms with Gasteiger partial charge >= 0.3 is 0 Å². The monoisotopic (exact) mass is 468 g/mol. The number of aromatic nitrogens is 3. The molecule has 0 saturated carbocycles. The number of carbonyl (C=O) groups excluding carboxylic acids is 1. The van der Waals surface area contributed by atoms with E-state index in [0.29, 0.717) is 21.9 Å². The molecule has 1 amide bonds. The standard InChI is InChI=1S/C22H20N4O2S3/c1-2-26-21(28)20-17(9-11-29-20)25-22(26)31-14-18(27)24-16-7-5-6-15(12-16)13-30-19-8-3-4-10-23-19/h3-12H,2,13-14H2,1H3,(H,24,27). The number of thiophene rings is 1. The fraction of sp³-hybridized carbons (Fsp3) is 0.182. The van der Waals surface area contributed by atoms with Gasteiger partial charge in [-0.2, -0.15) is 0 Å². The molecule has 0 fully saturated rings. The Kier molecular flexibility index (Phi) is 7.06. The van der Waals surface area contributed by atoms with Crippen molar-refractivity contribution in [1.82, 2.24) is 14.5 Å². The van der Waals surface area contributed by atoms with Gasteiger partial charge in [0.05, 0.1) is 16.3 Å². The number of hydrogen-bond acceptors (Lipinski definition) is 7. The van der Waals surface area contributed by atoms with Crippen molar-refractivity contribution in [1.29, 1.82) is 0 Å². The van der Waals surface area contributed by atoms with Gasteiger partial charge in [-0.1, -0.05) is 30.0 Å². The number of nitrogens with zero attached hydrogens (tertiary/aromatic N) is 3. The number of amides is 1. The Morgan fingerprint density at radius 1 is 1.16 bits per heavy atom. The number of hydrogen-bond donors (Lipinski definition) is 1. The largest absolute Gasteiger partial charge is 0.325 e. The van der Waals surface area contributed by atoms with Gasteiger partial charge in [-0.25, -0.2) is 9.97 Å². The van der Waals surface area contributed by atoms with E-state index in [0.717, 1.165) is 22.0 Å². The second-order valence-electron chi connectivity index (χ2n) is 6.57.